The zero-order valence-electron chi connectivity index (χ0n) is 13.4. The van der Waals surface area contributed by atoms with Gasteiger partial charge in [0.25, 0.3) is 0 Å². The molecule has 5 nitrogen and oxygen atoms in total. The van der Waals surface area contributed by atoms with E-state index in [4.69, 9.17) is 10.5 Å². The lowest BCUT2D eigenvalue weighted by Crippen LogP contribution is -2.48. The number of halogens is 1. The Morgan fingerprint density at radius 2 is 1.68 bits per heavy atom. The zero-order valence-corrected chi connectivity index (χ0v) is 14.2. The summed E-state index contributed by atoms with van der Waals surface area (Å²) in [6.07, 6.45) is 0. The van der Waals surface area contributed by atoms with Gasteiger partial charge < -0.3 is 15.8 Å². The second-order valence-electron chi connectivity index (χ2n) is 5.48. The van der Waals surface area contributed by atoms with Crippen LogP contribution in [-0.4, -0.2) is 25.0 Å². The van der Waals surface area contributed by atoms with Crippen molar-refractivity contribution in [2.24, 2.45) is 17.6 Å². The summed E-state index contributed by atoms with van der Waals surface area (Å²) in [6.45, 7) is 5.45. The maximum atomic E-state index is 12.3. The van der Waals surface area contributed by atoms with E-state index in [0.29, 0.717) is 0 Å². The molecule has 0 spiro atoms. The number of hydrogen-bond donors (Lipinski definition) is 2. The van der Waals surface area contributed by atoms with Crippen molar-refractivity contribution >= 4 is 24.3 Å². The van der Waals surface area contributed by atoms with Crippen LogP contribution in [0.5, 0.6) is 0 Å². The summed E-state index contributed by atoms with van der Waals surface area (Å²) in [7, 11) is 1.31. The van der Waals surface area contributed by atoms with Crippen LogP contribution in [0.2, 0.25) is 0 Å². The molecule has 3 N–H and O–H groups in total. The number of carbonyl (C=O) groups excluding carboxylic acids is 2. The van der Waals surface area contributed by atoms with Gasteiger partial charge >= 0.3 is 5.97 Å². The minimum Gasteiger partial charge on any atom is -0.467 e. The van der Waals surface area contributed by atoms with E-state index in [0.717, 1.165) is 5.56 Å². The Kier molecular flexibility index (Phi) is 8.75. The molecule has 6 heteroatoms. The number of esters is 1. The van der Waals surface area contributed by atoms with Gasteiger partial charge in [0.15, 0.2) is 0 Å². The first-order valence-corrected chi connectivity index (χ1v) is 7.07. The van der Waals surface area contributed by atoms with E-state index in [2.05, 4.69) is 5.32 Å². The molecule has 3 unspecified atom stereocenters. The Morgan fingerprint density at radius 1 is 1.14 bits per heavy atom. The highest BCUT2D eigenvalue weighted by Crippen LogP contribution is 2.19. The van der Waals surface area contributed by atoms with Crippen molar-refractivity contribution in [3.05, 3.63) is 35.9 Å². The molecule has 124 valence electrons. The smallest absolute Gasteiger partial charge is 0.328 e. The third-order valence-corrected chi connectivity index (χ3v) is 3.56. The zero-order chi connectivity index (χ0) is 16.0. The first-order valence-electron chi connectivity index (χ1n) is 7.07. The highest BCUT2D eigenvalue weighted by atomic mass is 35.5. The van der Waals surface area contributed by atoms with Crippen molar-refractivity contribution < 1.29 is 14.3 Å². The fourth-order valence-electron chi connectivity index (χ4n) is 2.04. The van der Waals surface area contributed by atoms with Gasteiger partial charge in [-0.2, -0.15) is 0 Å². The van der Waals surface area contributed by atoms with Crippen LogP contribution < -0.4 is 11.1 Å². The molecule has 0 radical (unpaired) electrons. The fraction of sp³-hybridized carbons (Fsp3) is 0.500. The molecule has 1 rings (SSSR count). The first kappa shape index (κ1) is 20.4. The van der Waals surface area contributed by atoms with Crippen LogP contribution in [0.4, 0.5) is 0 Å². The van der Waals surface area contributed by atoms with E-state index < -0.39 is 24.0 Å². The number of nitrogens with two attached hydrogens (primary N) is 1. The van der Waals surface area contributed by atoms with E-state index in [1.807, 2.05) is 44.2 Å². The normalized spacial score (nSPS) is 14.5. The minimum absolute atomic E-state index is 0. The summed E-state index contributed by atoms with van der Waals surface area (Å²) >= 11 is 0. The molecule has 1 aromatic rings. The summed E-state index contributed by atoms with van der Waals surface area (Å²) in [6, 6.07) is 8.34. The van der Waals surface area contributed by atoms with Crippen molar-refractivity contribution in [2.75, 3.05) is 7.11 Å². The second-order valence-corrected chi connectivity index (χ2v) is 5.48. The van der Waals surface area contributed by atoms with E-state index in [-0.39, 0.29) is 24.2 Å². The maximum Gasteiger partial charge on any atom is 0.328 e. The number of ether oxygens (including phenoxy) is 1. The van der Waals surface area contributed by atoms with Crippen LogP contribution in [0.1, 0.15) is 32.4 Å². The Bertz CT molecular complexity index is 480. The van der Waals surface area contributed by atoms with Crippen molar-refractivity contribution in [3.63, 3.8) is 0 Å². The van der Waals surface area contributed by atoms with Crippen LogP contribution in [-0.2, 0) is 14.3 Å². The molecule has 0 fully saturated rings. The number of rotatable bonds is 6. The number of carbonyl (C=O) groups is 2. The summed E-state index contributed by atoms with van der Waals surface area (Å²) in [4.78, 5) is 24.0. The van der Waals surface area contributed by atoms with Gasteiger partial charge in [-0.05, 0) is 11.5 Å². The summed E-state index contributed by atoms with van der Waals surface area (Å²) < 4.78 is 4.71. The van der Waals surface area contributed by atoms with E-state index in [9.17, 15) is 9.59 Å². The first-order chi connectivity index (χ1) is 9.88. The lowest BCUT2D eigenvalue weighted by Gasteiger charge is -2.24. The molecule has 1 aromatic carbocycles. The predicted octanol–water partition coefficient (Wildman–Crippen LogP) is 2.06. The molecule has 0 aromatic heterocycles. The number of benzene rings is 1. The maximum absolute atomic E-state index is 12.3. The van der Waals surface area contributed by atoms with Crippen molar-refractivity contribution in [3.8, 4) is 0 Å². The standard InChI is InChI=1S/C16H24N2O3.ClH/c1-10(2)14(16(20)21-4)18-15(19)11(3)13(17)12-8-6-5-7-9-12;/h5-11,13-14H,17H2,1-4H3,(H,18,19);1H. The molecule has 22 heavy (non-hydrogen) atoms. The average Bonchev–Trinajstić information content (AvgIpc) is 2.50. The van der Waals surface area contributed by atoms with Crippen molar-refractivity contribution in [1.29, 1.82) is 0 Å². The van der Waals surface area contributed by atoms with Crippen LogP contribution in [0, 0.1) is 11.8 Å². The van der Waals surface area contributed by atoms with Gasteiger partial charge in [0.2, 0.25) is 5.91 Å². The van der Waals surface area contributed by atoms with E-state index in [1.165, 1.54) is 7.11 Å². The molecule has 0 aliphatic heterocycles. The van der Waals surface area contributed by atoms with Gasteiger partial charge in [0.1, 0.15) is 6.04 Å². The van der Waals surface area contributed by atoms with Crippen molar-refractivity contribution in [1.82, 2.24) is 5.32 Å². The topological polar surface area (TPSA) is 81.4 Å². The number of methoxy groups -OCH3 is 1. The second kappa shape index (κ2) is 9.43. The summed E-state index contributed by atoms with van der Waals surface area (Å²) in [5.74, 6) is -1.20. The highest BCUT2D eigenvalue weighted by molar-refractivity contribution is 5.86. The third kappa shape index (κ3) is 5.31. The fourth-order valence-corrected chi connectivity index (χ4v) is 2.04. The average molecular weight is 329 g/mol. The monoisotopic (exact) mass is 328 g/mol. The lowest BCUT2D eigenvalue weighted by molar-refractivity contribution is -0.147. The Hall–Kier alpha value is -1.59. The van der Waals surface area contributed by atoms with Gasteiger partial charge in [-0.15, -0.1) is 12.4 Å². The van der Waals surface area contributed by atoms with Gasteiger partial charge in [0, 0.05) is 6.04 Å². The molecule has 0 aliphatic carbocycles. The SMILES string of the molecule is COC(=O)C(NC(=O)C(C)C(N)c1ccccc1)C(C)C.Cl. The van der Waals surface area contributed by atoms with E-state index >= 15 is 0 Å². The van der Waals surface area contributed by atoms with Crippen LogP contribution >= 0.6 is 12.4 Å². The molecule has 0 saturated carbocycles. The molecule has 1 amide bonds. The Morgan fingerprint density at radius 3 is 2.14 bits per heavy atom. The van der Waals surface area contributed by atoms with Gasteiger partial charge in [-0.25, -0.2) is 4.79 Å². The van der Waals surface area contributed by atoms with Gasteiger partial charge in [0.05, 0.1) is 13.0 Å². The number of nitrogens with one attached hydrogen (secondary N) is 1. The summed E-state index contributed by atoms with van der Waals surface area (Å²) in [5.41, 5.74) is 7.01. The summed E-state index contributed by atoms with van der Waals surface area (Å²) in [5, 5.41) is 2.72. The molecule has 3 atom stereocenters. The number of hydrogen-bond acceptors (Lipinski definition) is 4. The molecule has 0 heterocycles. The van der Waals surface area contributed by atoms with E-state index in [1.54, 1.807) is 6.92 Å². The Labute approximate surface area is 138 Å². The van der Waals surface area contributed by atoms with Gasteiger partial charge in [-0.3, -0.25) is 4.79 Å². The molecule has 0 saturated heterocycles. The minimum atomic E-state index is -0.659. The Balaban J connectivity index is 0.00000441. The lowest BCUT2D eigenvalue weighted by atomic mass is 9.93. The molecular formula is C16H25ClN2O3. The quantitative estimate of drug-likeness (QED) is 0.783. The third-order valence-electron chi connectivity index (χ3n) is 3.56. The largest absolute Gasteiger partial charge is 0.467 e. The molecule has 0 bridgehead atoms. The van der Waals surface area contributed by atoms with Gasteiger partial charge in [-0.1, -0.05) is 51.1 Å². The molecular weight excluding hydrogens is 304 g/mol. The van der Waals surface area contributed by atoms with Crippen LogP contribution in [0.15, 0.2) is 30.3 Å². The predicted molar refractivity (Wildman–Crippen MR) is 88.6 cm³/mol. The highest BCUT2D eigenvalue weighted by Gasteiger charge is 2.29. The molecule has 0 aliphatic rings. The van der Waals surface area contributed by atoms with Crippen LogP contribution in [0.3, 0.4) is 0 Å². The van der Waals surface area contributed by atoms with Crippen LogP contribution in [0.25, 0.3) is 0 Å². The number of amides is 1. The van der Waals surface area contributed by atoms with Crippen molar-refractivity contribution in [2.45, 2.75) is 32.9 Å².